The van der Waals surface area contributed by atoms with Crippen LogP contribution in [0.5, 0.6) is 0 Å². The third-order valence-electron chi connectivity index (χ3n) is 7.82. The fourth-order valence-electron chi connectivity index (χ4n) is 5.93. The Morgan fingerprint density at radius 2 is 1.72 bits per heavy atom. The summed E-state index contributed by atoms with van der Waals surface area (Å²) in [6.07, 6.45) is 7.83. The SMILES string of the molecule is Cc1cc(F)cc(-c2cccc3[nH]c(-c4n[nH]c5ccc(-c6cncc(CN7CCCCC7)c6)cc45)cc23)c1. The molecular formula is C33H30FN5. The van der Waals surface area contributed by atoms with E-state index in [0.29, 0.717) is 0 Å². The number of rotatable bonds is 5. The predicted octanol–water partition coefficient (Wildman–Crippen LogP) is 7.87. The number of H-pyrrole nitrogens is 2. The van der Waals surface area contributed by atoms with Crippen LogP contribution in [0.1, 0.15) is 30.4 Å². The highest BCUT2D eigenvalue weighted by molar-refractivity contribution is 6.01. The normalized spacial score (nSPS) is 14.4. The van der Waals surface area contributed by atoms with Crippen molar-refractivity contribution in [2.45, 2.75) is 32.7 Å². The second kappa shape index (κ2) is 9.79. The van der Waals surface area contributed by atoms with E-state index in [1.54, 1.807) is 12.1 Å². The summed E-state index contributed by atoms with van der Waals surface area (Å²) < 4.78 is 14.2. The van der Waals surface area contributed by atoms with Crippen molar-refractivity contribution in [2.75, 3.05) is 13.1 Å². The molecule has 2 N–H and O–H groups in total. The van der Waals surface area contributed by atoms with Gasteiger partial charge in [0, 0.05) is 40.8 Å². The highest BCUT2D eigenvalue weighted by Gasteiger charge is 2.16. The Kier molecular flexibility index (Phi) is 5.97. The van der Waals surface area contributed by atoms with Crippen molar-refractivity contribution in [3.8, 4) is 33.6 Å². The average Bonchev–Trinajstić information content (AvgIpc) is 3.57. The number of likely N-dealkylation sites (tertiary alicyclic amines) is 1. The van der Waals surface area contributed by atoms with Gasteiger partial charge in [0.25, 0.3) is 0 Å². The van der Waals surface area contributed by atoms with Gasteiger partial charge in [0.05, 0.1) is 11.2 Å². The van der Waals surface area contributed by atoms with E-state index < -0.39 is 0 Å². The van der Waals surface area contributed by atoms with Crippen LogP contribution in [-0.2, 0) is 6.54 Å². The summed E-state index contributed by atoms with van der Waals surface area (Å²) in [4.78, 5) is 10.6. The Bertz CT molecular complexity index is 1790. The first-order valence-corrected chi connectivity index (χ1v) is 13.7. The summed E-state index contributed by atoms with van der Waals surface area (Å²) in [7, 11) is 0. The summed E-state index contributed by atoms with van der Waals surface area (Å²) in [5.41, 5.74) is 9.99. The van der Waals surface area contributed by atoms with Crippen molar-refractivity contribution in [3.05, 3.63) is 96.1 Å². The van der Waals surface area contributed by atoms with Crippen molar-refractivity contribution in [1.29, 1.82) is 0 Å². The maximum Gasteiger partial charge on any atom is 0.124 e. The van der Waals surface area contributed by atoms with Crippen molar-refractivity contribution in [3.63, 3.8) is 0 Å². The first-order valence-electron chi connectivity index (χ1n) is 13.7. The van der Waals surface area contributed by atoms with Gasteiger partial charge in [-0.2, -0.15) is 5.10 Å². The lowest BCUT2D eigenvalue weighted by Gasteiger charge is -2.26. The average molecular weight is 516 g/mol. The Balaban J connectivity index is 1.26. The van der Waals surface area contributed by atoms with Crippen molar-refractivity contribution < 1.29 is 4.39 Å². The number of hydrogen-bond acceptors (Lipinski definition) is 3. The molecule has 5 nitrogen and oxygen atoms in total. The van der Waals surface area contributed by atoms with Crippen LogP contribution in [-0.4, -0.2) is 38.2 Å². The lowest BCUT2D eigenvalue weighted by atomic mass is 9.99. The second-order valence-electron chi connectivity index (χ2n) is 10.7. The molecule has 0 spiro atoms. The molecule has 1 aliphatic rings. The molecule has 0 aliphatic carbocycles. The van der Waals surface area contributed by atoms with Crippen LogP contribution in [0.15, 0.2) is 79.1 Å². The van der Waals surface area contributed by atoms with Gasteiger partial charge in [-0.15, -0.1) is 0 Å². The molecule has 39 heavy (non-hydrogen) atoms. The maximum absolute atomic E-state index is 14.2. The van der Waals surface area contributed by atoms with E-state index in [0.717, 1.165) is 67.6 Å². The molecule has 194 valence electrons. The predicted molar refractivity (Wildman–Crippen MR) is 156 cm³/mol. The molecule has 0 saturated carbocycles. The molecular weight excluding hydrogens is 485 g/mol. The van der Waals surface area contributed by atoms with E-state index in [9.17, 15) is 4.39 Å². The number of nitrogens with zero attached hydrogens (tertiary/aromatic N) is 3. The molecule has 1 fully saturated rings. The minimum atomic E-state index is -0.224. The molecule has 0 amide bonds. The number of hydrogen-bond donors (Lipinski definition) is 2. The van der Waals surface area contributed by atoms with E-state index in [1.165, 1.54) is 37.9 Å². The number of aromatic nitrogens is 4. The first-order chi connectivity index (χ1) is 19.1. The van der Waals surface area contributed by atoms with Crippen LogP contribution in [0.2, 0.25) is 0 Å². The van der Waals surface area contributed by atoms with Crippen molar-refractivity contribution >= 4 is 21.8 Å². The lowest BCUT2D eigenvalue weighted by Crippen LogP contribution is -2.29. The molecule has 0 atom stereocenters. The largest absolute Gasteiger partial charge is 0.353 e. The van der Waals surface area contributed by atoms with E-state index >= 15 is 0 Å². The molecule has 7 rings (SSSR count). The molecule has 0 unspecified atom stereocenters. The molecule has 0 bridgehead atoms. The fraction of sp³-hybridized carbons (Fsp3) is 0.212. The van der Waals surface area contributed by atoms with Gasteiger partial charge in [0.1, 0.15) is 11.5 Å². The summed E-state index contributed by atoms with van der Waals surface area (Å²) in [5, 5.41) is 9.96. The number of halogens is 1. The van der Waals surface area contributed by atoms with E-state index in [1.807, 2.05) is 43.6 Å². The molecule has 3 aromatic heterocycles. The van der Waals surface area contributed by atoms with Crippen molar-refractivity contribution in [2.24, 2.45) is 0 Å². The Labute approximate surface area is 226 Å². The van der Waals surface area contributed by atoms with Gasteiger partial charge in [0.2, 0.25) is 0 Å². The fourth-order valence-corrected chi connectivity index (χ4v) is 5.93. The zero-order valence-electron chi connectivity index (χ0n) is 22.0. The summed E-state index contributed by atoms with van der Waals surface area (Å²) >= 11 is 0. The number of benzene rings is 3. The highest BCUT2D eigenvalue weighted by Crippen LogP contribution is 2.36. The van der Waals surface area contributed by atoms with Gasteiger partial charge >= 0.3 is 0 Å². The molecule has 4 heterocycles. The van der Waals surface area contributed by atoms with Crippen LogP contribution < -0.4 is 0 Å². The van der Waals surface area contributed by atoms with Gasteiger partial charge in [-0.3, -0.25) is 15.0 Å². The van der Waals surface area contributed by atoms with Gasteiger partial charge in [-0.25, -0.2) is 4.39 Å². The van der Waals surface area contributed by atoms with Crippen LogP contribution in [0.3, 0.4) is 0 Å². The lowest BCUT2D eigenvalue weighted by molar-refractivity contribution is 0.220. The quantitative estimate of drug-likeness (QED) is 0.246. The minimum absolute atomic E-state index is 0.224. The molecule has 6 heteroatoms. The molecule has 1 saturated heterocycles. The third-order valence-corrected chi connectivity index (χ3v) is 7.82. The number of aromatic amines is 2. The van der Waals surface area contributed by atoms with Crippen LogP contribution in [0, 0.1) is 12.7 Å². The number of fused-ring (bicyclic) bond motifs is 2. The zero-order valence-corrected chi connectivity index (χ0v) is 22.0. The summed E-state index contributed by atoms with van der Waals surface area (Å²) in [6, 6.07) is 22.1. The molecule has 3 aromatic carbocycles. The van der Waals surface area contributed by atoms with Gasteiger partial charge in [0.15, 0.2) is 0 Å². The number of pyridine rings is 1. The minimum Gasteiger partial charge on any atom is -0.353 e. The van der Waals surface area contributed by atoms with Gasteiger partial charge < -0.3 is 4.98 Å². The smallest absolute Gasteiger partial charge is 0.124 e. The molecule has 0 radical (unpaired) electrons. The summed E-state index contributed by atoms with van der Waals surface area (Å²) in [5.74, 6) is -0.224. The summed E-state index contributed by atoms with van der Waals surface area (Å²) in [6.45, 7) is 5.20. The standard InChI is InChI=1S/C33H30FN5/c1-21-12-24(15-26(34)13-21)27-6-5-7-30-28(27)17-32(36-30)33-29-16-23(8-9-31(29)37-38-33)25-14-22(18-35-19-25)20-39-10-3-2-4-11-39/h5-9,12-19,36H,2-4,10-11,20H2,1H3,(H,37,38). The number of piperidine rings is 1. The number of aryl methyl sites for hydroxylation is 1. The van der Waals surface area contributed by atoms with Crippen LogP contribution in [0.25, 0.3) is 55.4 Å². The second-order valence-corrected chi connectivity index (χ2v) is 10.7. The Hall–Kier alpha value is -4.29. The van der Waals surface area contributed by atoms with Crippen LogP contribution in [0.4, 0.5) is 4.39 Å². The molecule has 6 aromatic rings. The highest BCUT2D eigenvalue weighted by atomic mass is 19.1. The molecule has 1 aliphatic heterocycles. The maximum atomic E-state index is 14.2. The van der Waals surface area contributed by atoms with Crippen LogP contribution >= 0.6 is 0 Å². The van der Waals surface area contributed by atoms with Gasteiger partial charge in [-0.05, 0) is 103 Å². The van der Waals surface area contributed by atoms with Gasteiger partial charge in [-0.1, -0.05) is 30.7 Å². The van der Waals surface area contributed by atoms with E-state index in [2.05, 4.69) is 55.4 Å². The third kappa shape index (κ3) is 4.61. The van der Waals surface area contributed by atoms with E-state index in [-0.39, 0.29) is 5.82 Å². The first kappa shape index (κ1) is 23.8. The van der Waals surface area contributed by atoms with Crippen molar-refractivity contribution in [1.82, 2.24) is 25.1 Å². The Morgan fingerprint density at radius 3 is 2.59 bits per heavy atom. The Morgan fingerprint density at radius 1 is 0.821 bits per heavy atom. The topological polar surface area (TPSA) is 60.6 Å². The zero-order chi connectivity index (χ0) is 26.3. The number of nitrogens with one attached hydrogen (secondary N) is 2. The van der Waals surface area contributed by atoms with E-state index in [4.69, 9.17) is 0 Å². The monoisotopic (exact) mass is 515 g/mol.